The largest absolute Gasteiger partial charge is 0.465 e. The van der Waals surface area contributed by atoms with Crippen molar-refractivity contribution in [2.45, 2.75) is 35.9 Å². The number of rotatable bonds is 6. The summed E-state index contributed by atoms with van der Waals surface area (Å²) in [5.41, 5.74) is -7.60. The second-order valence-electron chi connectivity index (χ2n) is 4.34. The second kappa shape index (κ2) is 6.45. The maximum absolute atomic E-state index is 13.7. The Labute approximate surface area is 134 Å². The van der Waals surface area contributed by atoms with E-state index < -0.39 is 47.7 Å². The standard InChI is InChI=1S/C10H5F13O3/c1-3(11)5(12,13)7(15,9(19,20)21)10(22,23)26-6(14,4(24)25-2)8(16,17)18/h1H2,2H3. The molecule has 0 aliphatic heterocycles. The molecule has 0 rings (SSSR count). The molecule has 0 saturated heterocycles. The van der Waals surface area contributed by atoms with Gasteiger partial charge < -0.3 is 4.74 Å². The summed E-state index contributed by atoms with van der Waals surface area (Å²) in [6.07, 6.45) is -22.0. The number of methoxy groups -OCH3 is 1. The first-order chi connectivity index (χ1) is 11.1. The molecule has 2 unspecified atom stereocenters. The summed E-state index contributed by atoms with van der Waals surface area (Å²) in [6, 6.07) is 0. The van der Waals surface area contributed by atoms with Crippen LogP contribution >= 0.6 is 0 Å². The fourth-order valence-electron chi connectivity index (χ4n) is 1.31. The van der Waals surface area contributed by atoms with Gasteiger partial charge in [-0.05, 0) is 0 Å². The van der Waals surface area contributed by atoms with Gasteiger partial charge in [0.05, 0.1) is 7.11 Å². The van der Waals surface area contributed by atoms with Crippen molar-refractivity contribution >= 4 is 5.97 Å². The fraction of sp³-hybridized carbons (Fsp3) is 0.700. The van der Waals surface area contributed by atoms with E-state index in [1.54, 1.807) is 0 Å². The Balaban J connectivity index is 6.64. The Hall–Kier alpha value is -1.74. The third kappa shape index (κ3) is 3.42. The van der Waals surface area contributed by atoms with E-state index in [-0.39, 0.29) is 7.11 Å². The number of alkyl halides is 12. The Kier molecular flexibility index (Phi) is 6.02. The first kappa shape index (κ1) is 24.3. The molecule has 16 heteroatoms. The first-order valence-corrected chi connectivity index (χ1v) is 5.54. The molecule has 0 aliphatic rings. The van der Waals surface area contributed by atoms with Gasteiger partial charge in [0.15, 0.2) is 5.83 Å². The molecule has 0 aromatic heterocycles. The van der Waals surface area contributed by atoms with E-state index in [0.29, 0.717) is 0 Å². The zero-order valence-corrected chi connectivity index (χ0v) is 11.8. The highest BCUT2D eigenvalue weighted by molar-refractivity contribution is 5.78. The van der Waals surface area contributed by atoms with Gasteiger partial charge in [0.25, 0.3) is 0 Å². The lowest BCUT2D eigenvalue weighted by atomic mass is 9.94. The van der Waals surface area contributed by atoms with Crippen molar-refractivity contribution in [1.82, 2.24) is 0 Å². The number of halogens is 13. The second-order valence-corrected chi connectivity index (χ2v) is 4.34. The molecule has 0 N–H and O–H groups in total. The van der Waals surface area contributed by atoms with Crippen LogP contribution in [0, 0.1) is 0 Å². The Bertz CT molecular complexity index is 565. The molecule has 0 amide bonds. The van der Waals surface area contributed by atoms with E-state index in [9.17, 15) is 61.9 Å². The molecule has 0 heterocycles. The summed E-state index contributed by atoms with van der Waals surface area (Å²) in [7, 11) is -0.0889. The summed E-state index contributed by atoms with van der Waals surface area (Å²) in [4.78, 5) is 10.7. The van der Waals surface area contributed by atoms with Gasteiger partial charge in [-0.15, -0.1) is 0 Å². The monoisotopic (exact) mass is 420 g/mol. The minimum absolute atomic E-state index is 0.0889. The van der Waals surface area contributed by atoms with Gasteiger partial charge in [0, 0.05) is 0 Å². The Morgan fingerprint density at radius 1 is 0.808 bits per heavy atom. The van der Waals surface area contributed by atoms with Crippen LogP contribution in [0.1, 0.15) is 0 Å². The first-order valence-electron chi connectivity index (χ1n) is 5.54. The maximum Gasteiger partial charge on any atom is 0.460 e. The minimum atomic E-state index is -7.60. The van der Waals surface area contributed by atoms with E-state index in [4.69, 9.17) is 0 Å². The van der Waals surface area contributed by atoms with E-state index in [1.807, 2.05) is 4.74 Å². The third-order valence-electron chi connectivity index (χ3n) is 2.65. The molecule has 154 valence electrons. The number of hydrogen-bond donors (Lipinski definition) is 0. The van der Waals surface area contributed by atoms with Crippen molar-refractivity contribution in [2.75, 3.05) is 7.11 Å². The normalized spacial score (nSPS) is 18.7. The lowest BCUT2D eigenvalue weighted by molar-refractivity contribution is -0.472. The highest BCUT2D eigenvalue weighted by Crippen LogP contribution is 2.58. The number of ether oxygens (including phenoxy) is 2. The van der Waals surface area contributed by atoms with Crippen molar-refractivity contribution in [3.05, 3.63) is 12.4 Å². The van der Waals surface area contributed by atoms with Gasteiger partial charge >= 0.3 is 41.9 Å². The van der Waals surface area contributed by atoms with Crippen LogP contribution in [0.4, 0.5) is 57.1 Å². The maximum atomic E-state index is 13.7. The van der Waals surface area contributed by atoms with Crippen molar-refractivity contribution in [2.24, 2.45) is 0 Å². The molecule has 3 nitrogen and oxygen atoms in total. The molecule has 0 spiro atoms. The predicted molar refractivity (Wildman–Crippen MR) is 53.0 cm³/mol. The van der Waals surface area contributed by atoms with E-state index >= 15 is 0 Å². The highest BCUT2D eigenvalue weighted by atomic mass is 19.4. The van der Waals surface area contributed by atoms with Crippen molar-refractivity contribution < 1.29 is 71.3 Å². The van der Waals surface area contributed by atoms with Crippen LogP contribution in [0.5, 0.6) is 0 Å². The molecule has 0 saturated carbocycles. The minimum Gasteiger partial charge on any atom is -0.465 e. The zero-order chi connectivity index (χ0) is 21.6. The van der Waals surface area contributed by atoms with Gasteiger partial charge in [0.1, 0.15) is 0 Å². The molecule has 0 aromatic carbocycles. The number of esters is 1. The average Bonchev–Trinajstić information content (AvgIpc) is 2.41. The number of hydrogen-bond acceptors (Lipinski definition) is 3. The van der Waals surface area contributed by atoms with Gasteiger partial charge in [-0.1, -0.05) is 6.58 Å². The molecule has 26 heavy (non-hydrogen) atoms. The molecular formula is C10H5F13O3. The average molecular weight is 420 g/mol. The summed E-state index contributed by atoms with van der Waals surface area (Å²) in [6.45, 7) is 1.46. The van der Waals surface area contributed by atoms with Crippen molar-refractivity contribution in [3.63, 3.8) is 0 Å². The number of carbonyl (C=O) groups excluding carboxylic acids is 1. The summed E-state index contributed by atoms with van der Waals surface area (Å²) in [5.74, 6) is -20.7. The predicted octanol–water partition coefficient (Wildman–Crippen LogP) is 4.39. The molecule has 0 aliphatic carbocycles. The van der Waals surface area contributed by atoms with Crippen LogP contribution < -0.4 is 0 Å². The van der Waals surface area contributed by atoms with Crippen molar-refractivity contribution in [3.8, 4) is 0 Å². The summed E-state index contributed by atoms with van der Waals surface area (Å²) in [5, 5.41) is 0. The quantitative estimate of drug-likeness (QED) is 0.473. The lowest BCUT2D eigenvalue weighted by Crippen LogP contribution is -2.70. The van der Waals surface area contributed by atoms with Gasteiger partial charge in [-0.3, -0.25) is 4.74 Å². The lowest BCUT2D eigenvalue weighted by Gasteiger charge is -2.40. The smallest absolute Gasteiger partial charge is 0.460 e. The van der Waals surface area contributed by atoms with Crippen LogP contribution in [-0.2, 0) is 14.3 Å². The van der Waals surface area contributed by atoms with Gasteiger partial charge in [-0.25, -0.2) is 13.6 Å². The fourth-order valence-corrected chi connectivity index (χ4v) is 1.31. The molecule has 0 radical (unpaired) electrons. The van der Waals surface area contributed by atoms with Gasteiger partial charge in [-0.2, -0.15) is 48.3 Å². The Morgan fingerprint density at radius 3 is 1.42 bits per heavy atom. The van der Waals surface area contributed by atoms with Crippen LogP contribution in [0.15, 0.2) is 12.4 Å². The molecule has 0 fully saturated rings. The van der Waals surface area contributed by atoms with Crippen molar-refractivity contribution in [1.29, 1.82) is 0 Å². The number of allylic oxidation sites excluding steroid dienone is 1. The zero-order valence-electron chi connectivity index (χ0n) is 11.8. The molecular weight excluding hydrogens is 415 g/mol. The molecule has 2 atom stereocenters. The summed E-state index contributed by atoms with van der Waals surface area (Å²) >= 11 is 0. The molecule has 0 aromatic rings. The number of carbonyl (C=O) groups is 1. The van der Waals surface area contributed by atoms with Crippen LogP contribution in [0.2, 0.25) is 0 Å². The highest BCUT2D eigenvalue weighted by Gasteiger charge is 2.87. The van der Waals surface area contributed by atoms with Crippen LogP contribution in [0.3, 0.4) is 0 Å². The van der Waals surface area contributed by atoms with E-state index in [1.165, 1.54) is 6.58 Å². The van der Waals surface area contributed by atoms with E-state index in [2.05, 4.69) is 4.74 Å². The topological polar surface area (TPSA) is 35.5 Å². The Morgan fingerprint density at radius 2 is 1.19 bits per heavy atom. The van der Waals surface area contributed by atoms with Crippen LogP contribution in [0.25, 0.3) is 0 Å². The summed E-state index contributed by atoms with van der Waals surface area (Å²) < 4.78 is 172. The SMILES string of the molecule is C=C(F)C(F)(F)C(F)(C(F)(F)F)C(F)(F)OC(F)(C(=O)OC)C(F)(F)F. The van der Waals surface area contributed by atoms with Crippen LogP contribution in [-0.4, -0.2) is 49.0 Å². The van der Waals surface area contributed by atoms with E-state index in [0.717, 1.165) is 0 Å². The third-order valence-corrected chi connectivity index (χ3v) is 2.65. The van der Waals surface area contributed by atoms with Gasteiger partial charge in [0.2, 0.25) is 0 Å². The molecule has 0 bridgehead atoms.